The Labute approximate surface area is 882 Å². The Hall–Kier alpha value is -11.7. The van der Waals surface area contributed by atoms with Crippen LogP contribution in [-0.4, -0.2) is 0 Å². The van der Waals surface area contributed by atoms with Crippen molar-refractivity contribution in [1.29, 1.82) is 0 Å². The average molecular weight is 1920 g/mol. The maximum Gasteiger partial charge on any atom is 0.0158 e. The first-order valence-electron chi connectivity index (χ1n) is 53.4. The largest absolute Gasteiger partial charge is 0.0776 e. The van der Waals surface area contributed by atoms with Gasteiger partial charge >= 0.3 is 0 Å². The van der Waals surface area contributed by atoms with Gasteiger partial charge in [0.25, 0.3) is 0 Å². The van der Waals surface area contributed by atoms with Gasteiger partial charge in [0.2, 0.25) is 0 Å². The van der Waals surface area contributed by atoms with Crippen molar-refractivity contribution in [3.8, 4) is 33.4 Å². The van der Waals surface area contributed by atoms with Crippen LogP contribution < -0.4 is 0 Å². The topological polar surface area (TPSA) is 0 Å². The highest BCUT2D eigenvalue weighted by molar-refractivity contribution is 5.82. The van der Waals surface area contributed by atoms with Crippen molar-refractivity contribution in [2.75, 3.05) is 0 Å². The summed E-state index contributed by atoms with van der Waals surface area (Å²) < 4.78 is 0. The first kappa shape index (κ1) is 163. The third kappa shape index (κ3) is 77.7. The molecule has 0 fully saturated rings. The zero-order chi connectivity index (χ0) is 108. The summed E-state index contributed by atoms with van der Waals surface area (Å²) in [5.41, 5.74) is 21.6. The van der Waals surface area contributed by atoms with Gasteiger partial charge < -0.3 is 0 Å². The molecule has 15 aromatic carbocycles. The molecule has 0 bridgehead atoms. The molecule has 0 aliphatic heterocycles. The molecule has 0 saturated carbocycles. The molecular weight excluding hydrogens is 1690 g/mol. The summed E-state index contributed by atoms with van der Waals surface area (Å²) >= 11 is 0. The quantitative estimate of drug-likeness (QED) is 0.142. The minimum absolute atomic E-state index is 0. The monoisotopic (exact) mass is 1920 g/mol. The van der Waals surface area contributed by atoms with Crippen LogP contribution in [0.2, 0.25) is 0 Å². The van der Waals surface area contributed by atoms with Gasteiger partial charge in [0.1, 0.15) is 0 Å². The van der Waals surface area contributed by atoms with E-state index in [1.807, 2.05) is 522 Å². The SMILES string of the molecule is C.C.C.CC.CC.CC.CC.CC.CC.CC.CC.CC.CC.CC.CC.CC.CC.CC.CC.CC.CC.CC1(C)c2ccccc2-c2ccccc21.CC1(C)c2ccccc2-c2ccccc21.CC1(C)c2ccccc2-c2ccccc21.Cc1ccccc1.Cc1ccccc1.Cc1ccccc1.c1ccccc1.c1ccccc1.c1ccccc1.c1ccccc1.c1ccccc1.c1ccccc1. The lowest BCUT2D eigenvalue weighted by atomic mass is 9.82. The van der Waals surface area contributed by atoms with Crippen LogP contribution in [0.25, 0.3) is 33.4 Å². The van der Waals surface area contributed by atoms with Gasteiger partial charge in [0, 0.05) is 16.2 Å². The van der Waals surface area contributed by atoms with Crippen LogP contribution in [-0.2, 0) is 16.2 Å². The highest BCUT2D eigenvalue weighted by Gasteiger charge is 2.36. The van der Waals surface area contributed by atoms with E-state index in [1.165, 1.54) is 83.5 Å². The van der Waals surface area contributed by atoms with Crippen LogP contribution >= 0.6 is 0 Å². The maximum atomic E-state index is 2.30. The number of aryl methyl sites for hydroxylation is 3. The van der Waals surface area contributed by atoms with Crippen molar-refractivity contribution in [2.45, 2.75) is 350 Å². The summed E-state index contributed by atoms with van der Waals surface area (Å²) in [7, 11) is 0. The predicted molar refractivity (Wildman–Crippen MR) is 669 cm³/mol. The normalized spacial score (nSPS) is 9.17. The second kappa shape index (κ2) is 130. The second-order valence-electron chi connectivity index (χ2n) is 26.0. The molecule has 0 unspecified atom stereocenters. The third-order valence-corrected chi connectivity index (χ3v) is 17.3. The average Bonchev–Trinajstić information content (AvgIpc) is 1.60. The number of rotatable bonds is 0. The van der Waals surface area contributed by atoms with Gasteiger partial charge in [-0.1, -0.05) is 785 Å². The Bertz CT molecular complexity index is 3700. The molecule has 0 saturated heterocycles. The zero-order valence-corrected chi connectivity index (χ0v) is 97.3. The lowest BCUT2D eigenvalue weighted by Crippen LogP contribution is -2.14. The van der Waals surface area contributed by atoms with Crippen LogP contribution in [0.15, 0.2) is 455 Å². The number of benzene rings is 15. The van der Waals surface area contributed by atoms with Gasteiger partial charge in [0.15, 0.2) is 0 Å². The number of fused-ring (bicyclic) bond motifs is 9. The molecule has 141 heavy (non-hydrogen) atoms. The van der Waals surface area contributed by atoms with E-state index in [9.17, 15) is 0 Å². The maximum absolute atomic E-state index is 2.30. The van der Waals surface area contributed by atoms with E-state index in [1.54, 1.807) is 0 Å². The van der Waals surface area contributed by atoms with E-state index in [-0.39, 0.29) is 38.5 Å². The highest BCUT2D eigenvalue weighted by Crippen LogP contribution is 2.50. The predicted octanol–water partition coefficient (Wildman–Crippen LogP) is 48.5. The van der Waals surface area contributed by atoms with Crippen molar-refractivity contribution < 1.29 is 0 Å². The summed E-state index contributed by atoms with van der Waals surface area (Å²) in [4.78, 5) is 0. The van der Waals surface area contributed by atoms with Gasteiger partial charge in [-0.05, 0) is 87.5 Å². The van der Waals surface area contributed by atoms with Gasteiger partial charge in [0.05, 0.1) is 0 Å². The van der Waals surface area contributed by atoms with E-state index in [0.717, 1.165) is 0 Å². The minimum atomic E-state index is 0. The van der Waals surface area contributed by atoms with Crippen LogP contribution in [0, 0.1) is 20.8 Å². The fourth-order valence-corrected chi connectivity index (χ4v) is 11.9. The smallest absolute Gasteiger partial charge is 0.0158 e. The Kier molecular flexibility index (Phi) is 151. The van der Waals surface area contributed by atoms with Crippen LogP contribution in [0.3, 0.4) is 0 Å². The van der Waals surface area contributed by atoms with Crippen molar-refractivity contribution in [3.63, 3.8) is 0 Å². The third-order valence-electron chi connectivity index (χ3n) is 17.3. The summed E-state index contributed by atoms with van der Waals surface area (Å²) in [5.74, 6) is 0. The summed E-state index contributed by atoms with van der Waals surface area (Å²) in [6.45, 7) is 92.1. The molecule has 0 heterocycles. The molecule has 3 aliphatic carbocycles. The van der Waals surface area contributed by atoms with Crippen LogP contribution in [0.4, 0.5) is 0 Å². The first-order valence-corrected chi connectivity index (χ1v) is 53.4. The van der Waals surface area contributed by atoms with Crippen LogP contribution in [0.5, 0.6) is 0 Å². The molecule has 18 rings (SSSR count). The molecule has 0 heteroatoms. The molecule has 15 aromatic rings. The minimum Gasteiger partial charge on any atom is -0.0776 e. The molecule has 0 nitrogen and oxygen atoms in total. The molecule has 0 aromatic heterocycles. The van der Waals surface area contributed by atoms with Crippen molar-refractivity contribution >= 4 is 0 Å². The van der Waals surface area contributed by atoms with Gasteiger partial charge in [-0.3, -0.25) is 0 Å². The standard InChI is InChI=1S/3C15H14.3C7H8.6C6H6.18C2H6.3CH4/c3*1-15(2)13-9-5-3-7-11(13)12-8-4-6-10-14(12)15;3*1-7-5-3-2-4-6-7;6*1-2-4-6-5-3-1;18*1-2;;;/h3*3-10H,1-2H3;3*2-6H,1H3;6*1-6H;18*1-2H3;3*1H4. The van der Waals surface area contributed by atoms with Crippen molar-refractivity contribution in [1.82, 2.24) is 0 Å². The van der Waals surface area contributed by atoms with E-state index in [4.69, 9.17) is 0 Å². The summed E-state index contributed by atoms with van der Waals surface area (Å²) in [6, 6.07) is 155. The van der Waals surface area contributed by atoms with Gasteiger partial charge in [-0.25, -0.2) is 0 Å². The van der Waals surface area contributed by atoms with Gasteiger partial charge in [-0.2, -0.15) is 0 Å². The Morgan fingerprint density at radius 3 is 0.234 bits per heavy atom. The first-order chi connectivity index (χ1) is 67.8. The Morgan fingerprint density at radius 2 is 0.163 bits per heavy atom. The summed E-state index contributed by atoms with van der Waals surface area (Å²) in [5, 5.41) is 0. The van der Waals surface area contributed by atoms with Crippen LogP contribution in [0.1, 0.15) is 363 Å². The second-order valence-corrected chi connectivity index (χ2v) is 26.0. The Balaban J connectivity index is -0.0000000928. The number of hydrogen-bond acceptors (Lipinski definition) is 0. The molecule has 0 amide bonds. The fourth-order valence-electron chi connectivity index (χ4n) is 11.9. The molecular formula is C141H222. The molecule has 0 radical (unpaired) electrons. The molecule has 0 atom stereocenters. The lowest BCUT2D eigenvalue weighted by Gasteiger charge is -2.20. The molecule has 3 aliphatic rings. The van der Waals surface area contributed by atoms with E-state index >= 15 is 0 Å². The van der Waals surface area contributed by atoms with E-state index < -0.39 is 0 Å². The number of hydrogen-bond donors (Lipinski definition) is 0. The molecule has 0 spiro atoms. The van der Waals surface area contributed by atoms with Gasteiger partial charge in [-0.15, -0.1) is 0 Å². The van der Waals surface area contributed by atoms with Crippen molar-refractivity contribution in [2.24, 2.45) is 0 Å². The highest BCUT2D eigenvalue weighted by atomic mass is 14.4. The van der Waals surface area contributed by atoms with E-state index in [0.29, 0.717) is 0 Å². The Morgan fingerprint density at radius 1 is 0.0993 bits per heavy atom. The molecule has 786 valence electrons. The zero-order valence-electron chi connectivity index (χ0n) is 97.3. The van der Waals surface area contributed by atoms with Crippen molar-refractivity contribution in [3.05, 3.63) is 505 Å². The summed E-state index contributed by atoms with van der Waals surface area (Å²) in [6.07, 6.45) is 0. The van der Waals surface area contributed by atoms with E-state index in [2.05, 4.69) is 244 Å². The lowest BCUT2D eigenvalue weighted by molar-refractivity contribution is 0.660. The molecule has 0 N–H and O–H groups in total. The fraction of sp³-hybridized carbons (Fsp3) is 0.362.